The van der Waals surface area contributed by atoms with E-state index < -0.39 is 17.9 Å². The minimum Gasteiger partial charge on any atom is -0.369 e. The summed E-state index contributed by atoms with van der Waals surface area (Å²) < 4.78 is 40.6. The first-order chi connectivity index (χ1) is 16.9. The number of hydrogen-bond acceptors (Lipinski definition) is 4. The van der Waals surface area contributed by atoms with Crippen LogP contribution < -0.4 is 15.1 Å². The van der Waals surface area contributed by atoms with Gasteiger partial charge >= 0.3 is 6.18 Å². The van der Waals surface area contributed by atoms with Crippen LogP contribution in [0, 0.1) is 0 Å². The van der Waals surface area contributed by atoms with Crippen LogP contribution in [0.4, 0.5) is 24.5 Å². The lowest BCUT2D eigenvalue weighted by molar-refractivity contribution is -0.137. The molecule has 0 spiro atoms. The molecule has 3 aromatic rings. The quantitative estimate of drug-likeness (QED) is 0.571. The van der Waals surface area contributed by atoms with Crippen molar-refractivity contribution < 1.29 is 18.0 Å². The molecule has 1 saturated heterocycles. The van der Waals surface area contributed by atoms with Crippen LogP contribution in [0.25, 0.3) is 0 Å². The number of nitrogens with zero attached hydrogens (tertiary/aromatic N) is 3. The van der Waals surface area contributed by atoms with Crippen LogP contribution in [0.1, 0.15) is 27.7 Å². The van der Waals surface area contributed by atoms with E-state index in [1.807, 2.05) is 53.4 Å². The molecule has 182 valence electrons. The largest absolute Gasteiger partial charge is 0.416 e. The van der Waals surface area contributed by atoms with Crippen LogP contribution in [-0.4, -0.2) is 50.1 Å². The summed E-state index contributed by atoms with van der Waals surface area (Å²) in [7, 11) is 0. The maximum Gasteiger partial charge on any atom is 0.416 e. The van der Waals surface area contributed by atoms with E-state index in [1.54, 1.807) is 0 Å². The van der Waals surface area contributed by atoms with Gasteiger partial charge in [0.1, 0.15) is 6.17 Å². The number of benzene rings is 3. The third-order valence-corrected chi connectivity index (χ3v) is 6.72. The SMILES string of the molecule is O=C1NC(c2ccccc2)N(CCN2CCN(c3ccccc3)CC2)c2cc(C(F)(F)F)ccc21. The Labute approximate surface area is 202 Å². The number of carbonyl (C=O) groups excluding carboxylic acids is 1. The standard InChI is InChI=1S/C27H27F3N4O/c28-27(29,30)21-11-12-23-24(19-21)34(25(31-26(23)35)20-7-3-1-4-8-20)18-15-32-13-16-33(17-14-32)22-9-5-2-6-10-22/h1-12,19,25H,13-18H2,(H,31,35). The third-order valence-electron chi connectivity index (χ3n) is 6.72. The molecule has 5 nitrogen and oxygen atoms in total. The maximum atomic E-state index is 13.5. The normalized spacial score (nSPS) is 18.8. The predicted octanol–water partition coefficient (Wildman–Crippen LogP) is 4.78. The average molecular weight is 481 g/mol. The van der Waals surface area contributed by atoms with Crippen molar-refractivity contribution in [3.63, 3.8) is 0 Å². The molecule has 2 aliphatic rings. The molecule has 1 unspecified atom stereocenters. The van der Waals surface area contributed by atoms with Crippen molar-refractivity contribution in [3.8, 4) is 0 Å². The fourth-order valence-corrected chi connectivity index (χ4v) is 4.82. The predicted molar refractivity (Wildman–Crippen MR) is 131 cm³/mol. The van der Waals surface area contributed by atoms with Gasteiger partial charge in [-0.2, -0.15) is 13.2 Å². The molecular weight excluding hydrogens is 453 g/mol. The summed E-state index contributed by atoms with van der Waals surface area (Å²) in [5, 5.41) is 2.99. The van der Waals surface area contributed by atoms with Crippen LogP contribution in [0.15, 0.2) is 78.9 Å². The van der Waals surface area contributed by atoms with Crippen LogP contribution in [0.5, 0.6) is 0 Å². The minimum atomic E-state index is -4.48. The highest BCUT2D eigenvalue weighted by atomic mass is 19.4. The van der Waals surface area contributed by atoms with E-state index in [0.29, 0.717) is 18.8 Å². The number of carbonyl (C=O) groups is 1. The van der Waals surface area contributed by atoms with Crippen molar-refractivity contribution in [2.75, 3.05) is 49.1 Å². The van der Waals surface area contributed by atoms with Crippen LogP contribution in [0.2, 0.25) is 0 Å². The molecule has 1 N–H and O–H groups in total. The lowest BCUT2D eigenvalue weighted by atomic mass is 10.0. The zero-order valence-corrected chi connectivity index (χ0v) is 19.2. The molecule has 1 atom stereocenters. The van der Waals surface area contributed by atoms with Crippen molar-refractivity contribution in [1.82, 2.24) is 10.2 Å². The third kappa shape index (κ3) is 4.98. The Hall–Kier alpha value is -3.52. The molecule has 3 aromatic carbocycles. The van der Waals surface area contributed by atoms with Crippen molar-refractivity contribution >= 4 is 17.3 Å². The maximum absolute atomic E-state index is 13.5. The number of alkyl halides is 3. The first-order valence-electron chi connectivity index (χ1n) is 11.8. The lowest BCUT2D eigenvalue weighted by Gasteiger charge is -2.42. The second-order valence-electron chi connectivity index (χ2n) is 8.87. The van der Waals surface area contributed by atoms with Gasteiger partial charge in [0.25, 0.3) is 5.91 Å². The summed E-state index contributed by atoms with van der Waals surface area (Å²) in [6.07, 6.45) is -5.02. The highest BCUT2D eigenvalue weighted by Crippen LogP contribution is 2.38. The molecule has 0 saturated carbocycles. The Morgan fingerprint density at radius 2 is 1.49 bits per heavy atom. The zero-order chi connectivity index (χ0) is 24.4. The molecule has 2 heterocycles. The van der Waals surface area contributed by atoms with Gasteiger partial charge < -0.3 is 15.1 Å². The van der Waals surface area contributed by atoms with Crippen molar-refractivity contribution in [1.29, 1.82) is 0 Å². The van der Waals surface area contributed by atoms with Gasteiger partial charge in [0, 0.05) is 45.0 Å². The van der Waals surface area contributed by atoms with Crippen LogP contribution in [0.3, 0.4) is 0 Å². The molecule has 1 fully saturated rings. The van der Waals surface area contributed by atoms with E-state index in [2.05, 4.69) is 27.2 Å². The minimum absolute atomic E-state index is 0.263. The summed E-state index contributed by atoms with van der Waals surface area (Å²) in [4.78, 5) is 19.4. The van der Waals surface area contributed by atoms with Gasteiger partial charge in [-0.15, -0.1) is 0 Å². The van der Waals surface area contributed by atoms with E-state index in [1.165, 1.54) is 11.8 Å². The molecule has 0 aliphatic carbocycles. The van der Waals surface area contributed by atoms with Gasteiger partial charge in [-0.25, -0.2) is 0 Å². The number of anilines is 2. The van der Waals surface area contributed by atoms with Crippen LogP contribution >= 0.6 is 0 Å². The summed E-state index contributed by atoms with van der Waals surface area (Å²) in [5.74, 6) is -0.365. The van der Waals surface area contributed by atoms with Crippen LogP contribution in [-0.2, 0) is 6.18 Å². The molecule has 2 aliphatic heterocycles. The Balaban J connectivity index is 1.37. The first-order valence-corrected chi connectivity index (χ1v) is 11.8. The molecule has 1 amide bonds. The fraction of sp³-hybridized carbons (Fsp3) is 0.296. The highest BCUT2D eigenvalue weighted by molar-refractivity contribution is 6.02. The Kier molecular flexibility index (Phi) is 6.38. The second-order valence-corrected chi connectivity index (χ2v) is 8.87. The van der Waals surface area contributed by atoms with E-state index in [9.17, 15) is 18.0 Å². The number of nitrogens with one attached hydrogen (secondary N) is 1. The van der Waals surface area contributed by atoms with Gasteiger partial charge in [-0.05, 0) is 35.9 Å². The Morgan fingerprint density at radius 1 is 0.829 bits per heavy atom. The van der Waals surface area contributed by atoms with E-state index in [0.717, 1.165) is 43.9 Å². The van der Waals surface area contributed by atoms with Gasteiger partial charge in [0.2, 0.25) is 0 Å². The number of hydrogen-bond donors (Lipinski definition) is 1. The number of piperazine rings is 1. The number of fused-ring (bicyclic) bond motifs is 1. The number of amides is 1. The van der Waals surface area contributed by atoms with Gasteiger partial charge in [0.15, 0.2) is 0 Å². The first kappa shape index (κ1) is 23.2. The second kappa shape index (κ2) is 9.62. The summed E-state index contributed by atoms with van der Waals surface area (Å²) in [5.41, 5.74) is 1.86. The average Bonchev–Trinajstić information content (AvgIpc) is 2.88. The monoisotopic (exact) mass is 480 g/mol. The van der Waals surface area contributed by atoms with Gasteiger partial charge in [0.05, 0.1) is 16.8 Å². The zero-order valence-electron chi connectivity index (χ0n) is 19.2. The van der Waals surface area contributed by atoms with Crippen molar-refractivity contribution in [2.24, 2.45) is 0 Å². The molecule has 0 radical (unpaired) electrons. The molecule has 5 rings (SSSR count). The molecule has 0 aromatic heterocycles. The van der Waals surface area contributed by atoms with Crippen molar-refractivity contribution in [3.05, 3.63) is 95.6 Å². The molecule has 0 bridgehead atoms. The highest BCUT2D eigenvalue weighted by Gasteiger charge is 2.36. The Morgan fingerprint density at radius 3 is 2.14 bits per heavy atom. The van der Waals surface area contributed by atoms with Gasteiger partial charge in [-0.3, -0.25) is 9.69 Å². The molecule has 35 heavy (non-hydrogen) atoms. The smallest absolute Gasteiger partial charge is 0.369 e. The number of para-hydroxylation sites is 1. The summed E-state index contributed by atoms with van der Waals surface area (Å²) in [6, 6.07) is 23.0. The Bertz CT molecular complexity index is 1160. The fourth-order valence-electron chi connectivity index (χ4n) is 4.82. The van der Waals surface area contributed by atoms with E-state index in [-0.39, 0.29) is 11.5 Å². The number of halogens is 3. The van der Waals surface area contributed by atoms with E-state index >= 15 is 0 Å². The summed E-state index contributed by atoms with van der Waals surface area (Å²) in [6.45, 7) is 4.66. The molecular formula is C27H27F3N4O. The topological polar surface area (TPSA) is 38.8 Å². The number of rotatable bonds is 5. The molecule has 8 heteroatoms. The van der Waals surface area contributed by atoms with Gasteiger partial charge in [-0.1, -0.05) is 48.5 Å². The lowest BCUT2D eigenvalue weighted by Crippen LogP contribution is -2.52. The van der Waals surface area contributed by atoms with Crippen molar-refractivity contribution in [2.45, 2.75) is 12.3 Å². The summed E-state index contributed by atoms with van der Waals surface area (Å²) >= 11 is 0. The van der Waals surface area contributed by atoms with E-state index in [4.69, 9.17) is 0 Å².